The summed E-state index contributed by atoms with van der Waals surface area (Å²) in [5, 5.41) is 0. The zero-order valence-corrected chi connectivity index (χ0v) is 20.1. The highest BCUT2D eigenvalue weighted by Gasteiger charge is 2.14. The van der Waals surface area contributed by atoms with E-state index in [4.69, 9.17) is 0 Å². The van der Waals surface area contributed by atoms with Gasteiger partial charge in [0.1, 0.15) is 0 Å². The Bertz CT molecular complexity index is 1100. The Kier molecular flexibility index (Phi) is 5.77. The maximum Gasteiger partial charge on any atom is 0.0708 e. The quantitative estimate of drug-likeness (QED) is 0.324. The Labute approximate surface area is 193 Å². The van der Waals surface area contributed by atoms with Crippen molar-refractivity contribution in [2.24, 2.45) is 0 Å². The summed E-state index contributed by atoms with van der Waals surface area (Å²) in [6.07, 6.45) is 1.91. The van der Waals surface area contributed by atoms with Gasteiger partial charge in [0.15, 0.2) is 0 Å². The van der Waals surface area contributed by atoms with E-state index in [0.717, 1.165) is 11.3 Å². The van der Waals surface area contributed by atoms with Gasteiger partial charge in [-0.2, -0.15) is 0 Å². The van der Waals surface area contributed by atoms with Crippen LogP contribution in [0.15, 0.2) is 91.1 Å². The lowest BCUT2D eigenvalue weighted by molar-refractivity contribution is 0.590. The van der Waals surface area contributed by atoms with Crippen LogP contribution < -0.4 is 0 Å². The van der Waals surface area contributed by atoms with Crippen LogP contribution in [0, 0.1) is 0 Å². The van der Waals surface area contributed by atoms with Crippen molar-refractivity contribution in [2.75, 3.05) is 0 Å². The first-order valence-corrected chi connectivity index (χ1v) is 11.4. The molecule has 0 saturated heterocycles. The minimum absolute atomic E-state index is 0.160. The molecule has 0 spiro atoms. The maximum absolute atomic E-state index is 4.67. The van der Waals surface area contributed by atoms with E-state index in [2.05, 4.69) is 131 Å². The Morgan fingerprint density at radius 3 is 1.44 bits per heavy atom. The number of pyridine rings is 1. The molecule has 0 radical (unpaired) electrons. The van der Waals surface area contributed by atoms with Crippen LogP contribution in [0.5, 0.6) is 0 Å². The van der Waals surface area contributed by atoms with E-state index < -0.39 is 0 Å². The van der Waals surface area contributed by atoms with Crippen LogP contribution in [0.1, 0.15) is 52.7 Å². The number of hydrogen-bond donors (Lipinski definition) is 0. The second kappa shape index (κ2) is 8.39. The number of aromatic nitrogens is 1. The molecule has 0 unspecified atom stereocenters. The molecule has 1 aromatic heterocycles. The standard InChI is InChI=1S/C31H33N/c1-30(2,3)27-14-10-22(11-15-27)24-8-7-9-26(20-24)29-21-25(18-19-32-29)23-12-16-28(17-13-23)31(4,5)6/h7-21H,1-6H3. The fraction of sp³-hybridized carbons (Fsp3) is 0.258. The van der Waals surface area contributed by atoms with Crippen LogP contribution >= 0.6 is 0 Å². The van der Waals surface area contributed by atoms with E-state index in [1.807, 2.05) is 6.20 Å². The summed E-state index contributed by atoms with van der Waals surface area (Å²) in [5.41, 5.74) is 10.0. The molecule has 3 aromatic carbocycles. The van der Waals surface area contributed by atoms with E-state index >= 15 is 0 Å². The molecule has 162 valence electrons. The number of hydrogen-bond acceptors (Lipinski definition) is 1. The first-order chi connectivity index (χ1) is 15.1. The summed E-state index contributed by atoms with van der Waals surface area (Å²) < 4.78 is 0. The molecule has 1 nitrogen and oxygen atoms in total. The molecule has 1 heteroatoms. The molecule has 0 atom stereocenters. The molecule has 4 rings (SSSR count). The molecule has 0 fully saturated rings. The average molecular weight is 420 g/mol. The van der Waals surface area contributed by atoms with Crippen LogP contribution in [-0.4, -0.2) is 4.98 Å². The van der Waals surface area contributed by atoms with Gasteiger partial charge in [-0.05, 0) is 62.4 Å². The first-order valence-electron chi connectivity index (χ1n) is 11.4. The predicted octanol–water partition coefficient (Wildman–Crippen LogP) is 8.68. The molecule has 0 bridgehead atoms. The average Bonchev–Trinajstić information content (AvgIpc) is 2.78. The van der Waals surface area contributed by atoms with Crippen molar-refractivity contribution in [3.63, 3.8) is 0 Å². The minimum Gasteiger partial charge on any atom is -0.256 e. The van der Waals surface area contributed by atoms with Crippen molar-refractivity contribution >= 4 is 0 Å². The summed E-state index contributed by atoms with van der Waals surface area (Å²) in [4.78, 5) is 4.67. The number of nitrogens with zero attached hydrogens (tertiary/aromatic N) is 1. The SMILES string of the molecule is CC(C)(C)c1ccc(-c2cccc(-c3cc(-c4ccc(C(C)(C)C)cc4)ccn3)c2)cc1. The van der Waals surface area contributed by atoms with Gasteiger partial charge >= 0.3 is 0 Å². The van der Waals surface area contributed by atoms with E-state index in [0.29, 0.717) is 0 Å². The Balaban J connectivity index is 1.64. The molecule has 32 heavy (non-hydrogen) atoms. The normalized spacial score (nSPS) is 12.1. The number of benzene rings is 3. The van der Waals surface area contributed by atoms with Crippen LogP contribution in [0.2, 0.25) is 0 Å². The zero-order chi connectivity index (χ0) is 22.9. The second-order valence-electron chi connectivity index (χ2n) is 10.7. The molecule has 0 saturated carbocycles. The first kappa shape index (κ1) is 22.0. The number of rotatable bonds is 3. The molecular weight excluding hydrogens is 386 g/mol. The molecule has 4 aromatic rings. The van der Waals surface area contributed by atoms with E-state index in [1.165, 1.54) is 33.4 Å². The summed E-state index contributed by atoms with van der Waals surface area (Å²) in [7, 11) is 0. The minimum atomic E-state index is 0.160. The van der Waals surface area contributed by atoms with Gasteiger partial charge in [0.25, 0.3) is 0 Å². The van der Waals surface area contributed by atoms with Gasteiger partial charge in [-0.3, -0.25) is 4.98 Å². The topological polar surface area (TPSA) is 12.9 Å². The molecular formula is C31H33N. The summed E-state index contributed by atoms with van der Waals surface area (Å²) in [6, 6.07) is 30.8. The lowest BCUT2D eigenvalue weighted by Gasteiger charge is -2.19. The van der Waals surface area contributed by atoms with E-state index in [9.17, 15) is 0 Å². The van der Waals surface area contributed by atoms with Gasteiger partial charge in [0, 0.05) is 11.8 Å². The highest BCUT2D eigenvalue weighted by atomic mass is 14.7. The fourth-order valence-electron chi connectivity index (χ4n) is 3.95. The van der Waals surface area contributed by atoms with E-state index in [-0.39, 0.29) is 10.8 Å². The monoisotopic (exact) mass is 419 g/mol. The third kappa shape index (κ3) is 4.83. The van der Waals surface area contributed by atoms with Crippen LogP contribution in [0.25, 0.3) is 33.5 Å². The summed E-state index contributed by atoms with van der Waals surface area (Å²) >= 11 is 0. The van der Waals surface area contributed by atoms with Gasteiger partial charge in [-0.25, -0.2) is 0 Å². The summed E-state index contributed by atoms with van der Waals surface area (Å²) in [5.74, 6) is 0. The predicted molar refractivity (Wildman–Crippen MR) is 138 cm³/mol. The molecule has 0 aliphatic carbocycles. The van der Waals surface area contributed by atoms with Crippen molar-refractivity contribution in [3.05, 3.63) is 102 Å². The molecule has 0 amide bonds. The highest BCUT2D eigenvalue weighted by molar-refractivity contribution is 5.75. The molecule has 0 aliphatic rings. The molecule has 0 aliphatic heterocycles. The largest absolute Gasteiger partial charge is 0.256 e. The fourth-order valence-corrected chi connectivity index (χ4v) is 3.95. The molecule has 1 heterocycles. The van der Waals surface area contributed by atoms with Crippen molar-refractivity contribution < 1.29 is 0 Å². The zero-order valence-electron chi connectivity index (χ0n) is 20.1. The van der Waals surface area contributed by atoms with Crippen LogP contribution in [0.3, 0.4) is 0 Å². The Hall–Kier alpha value is -3.19. The van der Waals surface area contributed by atoms with Crippen molar-refractivity contribution in [3.8, 4) is 33.5 Å². The van der Waals surface area contributed by atoms with Crippen molar-refractivity contribution in [1.82, 2.24) is 4.98 Å². The van der Waals surface area contributed by atoms with Gasteiger partial charge in [0.05, 0.1) is 5.69 Å². The molecule has 0 N–H and O–H groups in total. The third-order valence-electron chi connectivity index (χ3n) is 6.09. The highest BCUT2D eigenvalue weighted by Crippen LogP contribution is 2.31. The lowest BCUT2D eigenvalue weighted by Crippen LogP contribution is -2.10. The van der Waals surface area contributed by atoms with Gasteiger partial charge in [-0.1, -0.05) is 108 Å². The van der Waals surface area contributed by atoms with E-state index in [1.54, 1.807) is 0 Å². The van der Waals surface area contributed by atoms with Crippen LogP contribution in [0.4, 0.5) is 0 Å². The smallest absolute Gasteiger partial charge is 0.0708 e. The van der Waals surface area contributed by atoms with Crippen molar-refractivity contribution in [2.45, 2.75) is 52.4 Å². The maximum atomic E-state index is 4.67. The van der Waals surface area contributed by atoms with Crippen LogP contribution in [-0.2, 0) is 10.8 Å². The van der Waals surface area contributed by atoms with Gasteiger partial charge < -0.3 is 0 Å². The second-order valence-corrected chi connectivity index (χ2v) is 10.7. The van der Waals surface area contributed by atoms with Gasteiger partial charge in [0.2, 0.25) is 0 Å². The lowest BCUT2D eigenvalue weighted by atomic mass is 9.86. The summed E-state index contributed by atoms with van der Waals surface area (Å²) in [6.45, 7) is 13.5. The third-order valence-corrected chi connectivity index (χ3v) is 6.09. The Morgan fingerprint density at radius 1 is 0.469 bits per heavy atom. The Morgan fingerprint density at radius 2 is 0.938 bits per heavy atom. The van der Waals surface area contributed by atoms with Crippen molar-refractivity contribution in [1.29, 1.82) is 0 Å². The van der Waals surface area contributed by atoms with Gasteiger partial charge in [-0.15, -0.1) is 0 Å².